The molecule has 0 saturated heterocycles. The Hall–Kier alpha value is -2.05. The molecule has 7 rings (SSSR count). The molecule has 0 aliphatic heterocycles. The Balaban J connectivity index is 0.00000184. The second-order valence-electron chi connectivity index (χ2n) is 14.1. The minimum absolute atomic E-state index is 0. The third-order valence-corrected chi connectivity index (χ3v) is 18.7. The number of rotatable bonds is 3. The van der Waals surface area contributed by atoms with E-state index in [2.05, 4.69) is 133 Å². The SMILES string of the molecule is CC1=CCC(C)(C)c2cc3c(cc21)-c1cc2c(cc1[CH]3/[Zr+2]([C]1=CC=CC1)=[C](\C)c1ccccc1)C(C)(C)CC=C2C.[Cl-].[Cl-]. The Labute approximate surface area is 279 Å². The van der Waals surface area contributed by atoms with Crippen molar-refractivity contribution in [2.75, 3.05) is 0 Å². The summed E-state index contributed by atoms with van der Waals surface area (Å²) in [6.45, 7) is 16.9. The normalized spacial score (nSPS) is 19.0. The van der Waals surface area contributed by atoms with Crippen LogP contribution in [0.1, 0.15) is 110 Å². The minimum atomic E-state index is -2.46. The predicted molar refractivity (Wildman–Crippen MR) is 174 cm³/mol. The molecule has 0 heterocycles. The summed E-state index contributed by atoms with van der Waals surface area (Å²) in [4.78, 5) is 0. The molecule has 0 N–H and O–H groups in total. The van der Waals surface area contributed by atoms with Gasteiger partial charge in [0.15, 0.2) is 0 Å². The number of halogens is 2. The van der Waals surface area contributed by atoms with E-state index in [0.717, 1.165) is 19.3 Å². The van der Waals surface area contributed by atoms with Crippen molar-refractivity contribution < 1.29 is 46.1 Å². The fourth-order valence-corrected chi connectivity index (χ4v) is 16.4. The van der Waals surface area contributed by atoms with Crippen molar-refractivity contribution >= 4 is 14.4 Å². The first-order chi connectivity index (χ1) is 19.6. The van der Waals surface area contributed by atoms with Crippen molar-refractivity contribution in [2.45, 2.75) is 82.2 Å². The van der Waals surface area contributed by atoms with E-state index in [0.29, 0.717) is 3.63 Å². The van der Waals surface area contributed by atoms with Gasteiger partial charge in [0.1, 0.15) is 0 Å². The third kappa shape index (κ3) is 5.22. The second kappa shape index (κ2) is 11.7. The van der Waals surface area contributed by atoms with Crippen LogP contribution in [0, 0.1) is 0 Å². The molecule has 0 atom stereocenters. The van der Waals surface area contributed by atoms with Gasteiger partial charge in [-0.2, -0.15) is 0 Å². The van der Waals surface area contributed by atoms with Gasteiger partial charge in [-0.1, -0.05) is 0 Å². The topological polar surface area (TPSA) is 0 Å². The van der Waals surface area contributed by atoms with Crippen molar-refractivity contribution in [3.63, 3.8) is 0 Å². The zero-order chi connectivity index (χ0) is 28.7. The van der Waals surface area contributed by atoms with E-state index in [9.17, 15) is 0 Å². The van der Waals surface area contributed by atoms with Gasteiger partial charge in [0.25, 0.3) is 0 Å². The molecule has 4 aliphatic carbocycles. The number of benzene rings is 3. The summed E-state index contributed by atoms with van der Waals surface area (Å²) >= 11 is -2.46. The van der Waals surface area contributed by atoms with Crippen molar-refractivity contribution in [3.05, 3.63) is 127 Å². The number of allylic oxidation sites excluding steroid dienone is 8. The van der Waals surface area contributed by atoms with Crippen molar-refractivity contribution in [1.29, 1.82) is 0 Å². The van der Waals surface area contributed by atoms with Crippen LogP contribution in [-0.2, 0) is 32.1 Å². The van der Waals surface area contributed by atoms with Gasteiger partial charge in [0.2, 0.25) is 0 Å². The van der Waals surface area contributed by atoms with Crippen LogP contribution >= 0.6 is 0 Å². The van der Waals surface area contributed by atoms with Gasteiger partial charge in [-0.05, 0) is 0 Å². The Bertz CT molecular complexity index is 1690. The number of hydrogen-bond acceptors (Lipinski definition) is 0. The van der Waals surface area contributed by atoms with E-state index >= 15 is 0 Å². The summed E-state index contributed by atoms with van der Waals surface area (Å²) < 4.78 is 3.90. The maximum Gasteiger partial charge on any atom is -1.00 e. The molecule has 4 aliphatic rings. The molecular formula is C40H42Cl2Zr. The standard InChI is InChI=1S/C27H29.C8H8.C5H5.2ClH.Zr/c1-16-7-9-26(3,4)24-12-18-11-19-13-25-21(17(2)8-10-27(25,5)6)15-23(19)22(18)14-20(16)24;1-2-8-6-4-3-5-7-8;1-2-4-5-3-1;;;/h7-8,11-15H,9-10H2,1-6H3;3-7H,1H3;1-3H,4H2;2*1H;/q;;;;;+2/p-2. The summed E-state index contributed by atoms with van der Waals surface area (Å²) in [7, 11) is 0. The van der Waals surface area contributed by atoms with Crippen LogP contribution < -0.4 is 24.8 Å². The molecule has 0 spiro atoms. The van der Waals surface area contributed by atoms with E-state index < -0.39 is 21.3 Å². The van der Waals surface area contributed by atoms with Crippen LogP contribution in [0.4, 0.5) is 0 Å². The molecule has 0 amide bonds. The molecule has 0 fully saturated rings. The average Bonchev–Trinajstić information content (AvgIpc) is 3.60. The molecule has 43 heavy (non-hydrogen) atoms. The van der Waals surface area contributed by atoms with Crippen LogP contribution in [0.3, 0.4) is 0 Å². The second-order valence-corrected chi connectivity index (χ2v) is 21.0. The smallest absolute Gasteiger partial charge is 1.00 e. The van der Waals surface area contributed by atoms with E-state index in [-0.39, 0.29) is 35.6 Å². The van der Waals surface area contributed by atoms with Gasteiger partial charge in [-0.3, -0.25) is 0 Å². The Morgan fingerprint density at radius 3 is 1.70 bits per heavy atom. The molecular weight excluding hydrogens is 643 g/mol. The van der Waals surface area contributed by atoms with Crippen LogP contribution in [0.2, 0.25) is 0 Å². The van der Waals surface area contributed by atoms with Crippen molar-refractivity contribution in [1.82, 2.24) is 0 Å². The van der Waals surface area contributed by atoms with Crippen LogP contribution in [0.5, 0.6) is 0 Å². The summed E-state index contributed by atoms with van der Waals surface area (Å²) in [5.41, 5.74) is 16.9. The molecule has 0 aromatic heterocycles. The van der Waals surface area contributed by atoms with E-state index in [4.69, 9.17) is 0 Å². The molecule has 0 unspecified atom stereocenters. The first-order valence-electron chi connectivity index (χ1n) is 15.4. The number of hydrogen-bond donors (Lipinski definition) is 0. The third-order valence-electron chi connectivity index (χ3n) is 10.5. The Morgan fingerprint density at radius 2 is 1.23 bits per heavy atom. The average molecular weight is 685 g/mol. The quantitative estimate of drug-likeness (QED) is 0.378. The Morgan fingerprint density at radius 1 is 0.721 bits per heavy atom. The molecule has 0 radical (unpaired) electrons. The van der Waals surface area contributed by atoms with Crippen LogP contribution in [-0.4, -0.2) is 3.21 Å². The molecule has 3 heteroatoms. The zero-order valence-electron chi connectivity index (χ0n) is 26.5. The van der Waals surface area contributed by atoms with Gasteiger partial charge in [0.05, 0.1) is 0 Å². The predicted octanol–water partition coefficient (Wildman–Crippen LogP) is 4.64. The zero-order valence-corrected chi connectivity index (χ0v) is 30.5. The molecule has 0 nitrogen and oxygen atoms in total. The van der Waals surface area contributed by atoms with Crippen molar-refractivity contribution in [2.24, 2.45) is 0 Å². The first-order valence-corrected chi connectivity index (χ1v) is 19.3. The summed E-state index contributed by atoms with van der Waals surface area (Å²) in [5, 5.41) is 0. The Kier molecular flexibility index (Phi) is 8.81. The van der Waals surface area contributed by atoms with Gasteiger partial charge in [-0.25, -0.2) is 0 Å². The maximum absolute atomic E-state index is 2.68. The molecule has 0 saturated carbocycles. The first kappa shape index (κ1) is 32.3. The van der Waals surface area contributed by atoms with E-state index in [1.54, 1.807) is 28.7 Å². The molecule has 3 aromatic rings. The van der Waals surface area contributed by atoms with Gasteiger partial charge >= 0.3 is 256 Å². The van der Waals surface area contributed by atoms with Crippen LogP contribution in [0.25, 0.3) is 22.3 Å². The minimum Gasteiger partial charge on any atom is -1.00 e. The van der Waals surface area contributed by atoms with Gasteiger partial charge in [0, 0.05) is 0 Å². The van der Waals surface area contributed by atoms with Gasteiger partial charge < -0.3 is 24.8 Å². The fourth-order valence-electron chi connectivity index (χ4n) is 7.82. The molecule has 3 aromatic carbocycles. The largest absolute Gasteiger partial charge is 1.00 e. The van der Waals surface area contributed by atoms with Crippen LogP contribution in [0.15, 0.2) is 88.3 Å². The maximum atomic E-state index is 2.68. The monoisotopic (exact) mass is 682 g/mol. The summed E-state index contributed by atoms with van der Waals surface area (Å²) in [5.74, 6) is 0. The fraction of sp³-hybridized carbons (Fsp3) is 0.325. The molecule has 0 bridgehead atoms. The summed E-state index contributed by atoms with van der Waals surface area (Å²) in [6.07, 6.45) is 15.5. The van der Waals surface area contributed by atoms with Crippen molar-refractivity contribution in [3.8, 4) is 11.1 Å². The summed E-state index contributed by atoms with van der Waals surface area (Å²) in [6, 6.07) is 21.9. The van der Waals surface area contributed by atoms with Gasteiger partial charge in [-0.15, -0.1) is 0 Å². The molecule has 220 valence electrons. The number of fused-ring (bicyclic) bond motifs is 5. The van der Waals surface area contributed by atoms with E-state index in [1.165, 1.54) is 39.0 Å². The van der Waals surface area contributed by atoms with E-state index in [1.807, 2.05) is 0 Å².